The molecule has 2 aromatic rings. The Morgan fingerprint density at radius 3 is 2.54 bits per heavy atom. The van der Waals surface area contributed by atoms with Gasteiger partial charge in [0.05, 0.1) is 7.11 Å². The number of ether oxygens (including phenoxy) is 1. The molecule has 122 valence electrons. The number of anilines is 1. The van der Waals surface area contributed by atoms with Gasteiger partial charge in [-0.25, -0.2) is 0 Å². The summed E-state index contributed by atoms with van der Waals surface area (Å²) in [5, 5.41) is 2.81. The lowest BCUT2D eigenvalue weighted by Gasteiger charge is -2.24. The number of rotatable bonds is 4. The maximum Gasteiger partial charge on any atom is 0.259 e. The Kier molecular flexibility index (Phi) is 4.08. The summed E-state index contributed by atoms with van der Waals surface area (Å²) in [4.78, 5) is 26.6. The maximum absolute atomic E-state index is 12.6. The van der Waals surface area contributed by atoms with Crippen LogP contribution in [0.3, 0.4) is 0 Å². The zero-order valence-corrected chi connectivity index (χ0v) is 13.6. The highest BCUT2D eigenvalue weighted by molar-refractivity contribution is 6.11. The van der Waals surface area contributed by atoms with Gasteiger partial charge in [-0.15, -0.1) is 0 Å². The predicted octanol–water partition coefficient (Wildman–Crippen LogP) is 3.15. The highest BCUT2D eigenvalue weighted by Gasteiger charge is 2.36. The zero-order valence-electron chi connectivity index (χ0n) is 13.6. The monoisotopic (exact) mass is 322 g/mol. The smallest absolute Gasteiger partial charge is 0.259 e. The summed E-state index contributed by atoms with van der Waals surface area (Å²) in [5.74, 6) is 0.156. The van der Waals surface area contributed by atoms with E-state index in [0.29, 0.717) is 22.7 Å². The van der Waals surface area contributed by atoms with Crippen LogP contribution in [0.2, 0.25) is 0 Å². The van der Waals surface area contributed by atoms with Crippen LogP contribution in [0.5, 0.6) is 5.75 Å². The van der Waals surface area contributed by atoms with E-state index in [1.165, 1.54) is 4.90 Å². The highest BCUT2D eigenvalue weighted by Crippen LogP contribution is 2.33. The van der Waals surface area contributed by atoms with Gasteiger partial charge in [0.15, 0.2) is 0 Å². The van der Waals surface area contributed by atoms with Gasteiger partial charge in [0.25, 0.3) is 5.91 Å². The standard InChI is InChI=1S/C19H18N2O3/c1-12-16-9-4-5-10-17(16)19(23)21(12)13(2)18(22)20-14-7-6-8-15(11-14)24-3/h4-11,13H,1H2,2-3H3,(H,20,22)/t13-/m0/s1. The van der Waals surface area contributed by atoms with Crippen LogP contribution in [-0.2, 0) is 4.79 Å². The molecule has 2 amide bonds. The van der Waals surface area contributed by atoms with Crippen molar-refractivity contribution in [1.82, 2.24) is 4.90 Å². The number of methoxy groups -OCH3 is 1. The first-order valence-corrected chi connectivity index (χ1v) is 7.59. The number of benzene rings is 2. The number of carbonyl (C=O) groups excluding carboxylic acids is 2. The van der Waals surface area contributed by atoms with E-state index in [4.69, 9.17) is 4.74 Å². The van der Waals surface area contributed by atoms with Crippen molar-refractivity contribution in [1.29, 1.82) is 0 Å². The Bertz CT molecular complexity index is 794. The second kappa shape index (κ2) is 6.20. The topological polar surface area (TPSA) is 58.6 Å². The number of amides is 2. The summed E-state index contributed by atoms with van der Waals surface area (Å²) in [5.41, 5.74) is 2.50. The lowest BCUT2D eigenvalue weighted by atomic mass is 10.1. The third-order valence-corrected chi connectivity index (χ3v) is 4.08. The molecule has 2 aromatic carbocycles. The van der Waals surface area contributed by atoms with Gasteiger partial charge in [0.2, 0.25) is 5.91 Å². The Morgan fingerprint density at radius 2 is 1.88 bits per heavy atom. The van der Waals surface area contributed by atoms with Crippen molar-refractivity contribution in [2.45, 2.75) is 13.0 Å². The van der Waals surface area contributed by atoms with Crippen LogP contribution in [0.15, 0.2) is 55.1 Å². The van der Waals surface area contributed by atoms with Crippen LogP contribution in [0.1, 0.15) is 22.8 Å². The summed E-state index contributed by atoms with van der Waals surface area (Å²) < 4.78 is 5.14. The van der Waals surface area contributed by atoms with Gasteiger partial charge in [-0.1, -0.05) is 30.8 Å². The van der Waals surface area contributed by atoms with E-state index in [1.54, 1.807) is 50.4 Å². The number of nitrogens with one attached hydrogen (secondary N) is 1. The third-order valence-electron chi connectivity index (χ3n) is 4.08. The molecule has 24 heavy (non-hydrogen) atoms. The van der Waals surface area contributed by atoms with E-state index in [1.807, 2.05) is 12.1 Å². The summed E-state index contributed by atoms with van der Waals surface area (Å²) in [7, 11) is 1.56. The van der Waals surface area contributed by atoms with Gasteiger partial charge >= 0.3 is 0 Å². The second-order valence-electron chi connectivity index (χ2n) is 5.56. The Labute approximate surface area is 140 Å². The molecule has 0 bridgehead atoms. The van der Waals surface area contributed by atoms with Crippen molar-refractivity contribution < 1.29 is 14.3 Å². The summed E-state index contributed by atoms with van der Waals surface area (Å²) in [6.45, 7) is 5.66. The lowest BCUT2D eigenvalue weighted by Crippen LogP contribution is -2.41. The molecule has 3 rings (SSSR count). The fraction of sp³-hybridized carbons (Fsp3) is 0.158. The van der Waals surface area contributed by atoms with Crippen molar-refractivity contribution in [3.05, 3.63) is 66.2 Å². The van der Waals surface area contributed by atoms with Gasteiger partial charge in [0, 0.05) is 28.6 Å². The average molecular weight is 322 g/mol. The molecule has 0 spiro atoms. The minimum absolute atomic E-state index is 0.205. The number of carbonyl (C=O) groups is 2. The predicted molar refractivity (Wildman–Crippen MR) is 92.7 cm³/mol. The van der Waals surface area contributed by atoms with Crippen molar-refractivity contribution in [3.8, 4) is 5.75 Å². The lowest BCUT2D eigenvalue weighted by molar-refractivity contribution is -0.119. The first kappa shape index (κ1) is 15.8. The first-order chi connectivity index (χ1) is 11.5. The van der Waals surface area contributed by atoms with E-state index >= 15 is 0 Å². The third kappa shape index (κ3) is 2.65. The van der Waals surface area contributed by atoms with Crippen LogP contribution in [0, 0.1) is 0 Å². The molecule has 1 aliphatic heterocycles. The van der Waals surface area contributed by atoms with E-state index in [2.05, 4.69) is 11.9 Å². The highest BCUT2D eigenvalue weighted by atomic mass is 16.5. The van der Waals surface area contributed by atoms with Crippen LogP contribution < -0.4 is 10.1 Å². The molecule has 0 saturated carbocycles. The molecular weight excluding hydrogens is 304 g/mol. The van der Waals surface area contributed by atoms with Crippen molar-refractivity contribution in [2.75, 3.05) is 12.4 Å². The molecule has 1 N–H and O–H groups in total. The number of fused-ring (bicyclic) bond motifs is 1. The fourth-order valence-electron chi connectivity index (χ4n) is 2.78. The van der Waals surface area contributed by atoms with E-state index in [9.17, 15) is 9.59 Å². The van der Waals surface area contributed by atoms with Gasteiger partial charge < -0.3 is 10.1 Å². The molecule has 5 heteroatoms. The molecule has 1 aliphatic rings. The van der Waals surface area contributed by atoms with Gasteiger partial charge in [-0.2, -0.15) is 0 Å². The normalized spacial score (nSPS) is 14.3. The van der Waals surface area contributed by atoms with Crippen molar-refractivity contribution in [2.24, 2.45) is 0 Å². The van der Waals surface area contributed by atoms with Crippen LogP contribution in [0.25, 0.3) is 5.70 Å². The van der Waals surface area contributed by atoms with Gasteiger partial charge in [-0.3, -0.25) is 14.5 Å². The molecular formula is C19H18N2O3. The molecule has 0 aliphatic carbocycles. The largest absolute Gasteiger partial charge is 0.497 e. The number of nitrogens with zero attached hydrogens (tertiary/aromatic N) is 1. The summed E-state index contributed by atoms with van der Waals surface area (Å²) in [6.07, 6.45) is 0. The summed E-state index contributed by atoms with van der Waals surface area (Å²) in [6, 6.07) is 13.6. The van der Waals surface area contributed by atoms with Crippen LogP contribution >= 0.6 is 0 Å². The van der Waals surface area contributed by atoms with E-state index in [-0.39, 0.29) is 11.8 Å². The molecule has 1 heterocycles. The minimum atomic E-state index is -0.677. The number of hydrogen-bond acceptors (Lipinski definition) is 3. The molecule has 0 fully saturated rings. The summed E-state index contributed by atoms with van der Waals surface area (Å²) >= 11 is 0. The molecule has 5 nitrogen and oxygen atoms in total. The molecule has 1 atom stereocenters. The zero-order chi connectivity index (χ0) is 17.3. The fourth-order valence-corrected chi connectivity index (χ4v) is 2.78. The quantitative estimate of drug-likeness (QED) is 0.941. The van der Waals surface area contributed by atoms with E-state index < -0.39 is 6.04 Å². The molecule has 0 unspecified atom stereocenters. The maximum atomic E-state index is 12.6. The molecule has 0 radical (unpaired) electrons. The van der Waals surface area contributed by atoms with Gasteiger partial charge in [0.1, 0.15) is 11.8 Å². The van der Waals surface area contributed by atoms with Crippen molar-refractivity contribution >= 4 is 23.2 Å². The second-order valence-corrected chi connectivity index (χ2v) is 5.56. The Morgan fingerprint density at radius 1 is 1.17 bits per heavy atom. The number of hydrogen-bond donors (Lipinski definition) is 1. The van der Waals surface area contributed by atoms with Crippen LogP contribution in [-0.4, -0.2) is 29.9 Å². The Balaban J connectivity index is 1.79. The average Bonchev–Trinajstić information content (AvgIpc) is 2.86. The van der Waals surface area contributed by atoms with E-state index in [0.717, 1.165) is 5.56 Å². The van der Waals surface area contributed by atoms with Crippen molar-refractivity contribution in [3.63, 3.8) is 0 Å². The minimum Gasteiger partial charge on any atom is -0.497 e. The Hall–Kier alpha value is -3.08. The first-order valence-electron chi connectivity index (χ1n) is 7.59. The van der Waals surface area contributed by atoms with Gasteiger partial charge in [-0.05, 0) is 25.1 Å². The molecule has 0 aromatic heterocycles. The SMILES string of the molecule is C=C1c2ccccc2C(=O)N1[C@@H](C)C(=O)Nc1cccc(OC)c1. The molecule has 0 saturated heterocycles. The van der Waals surface area contributed by atoms with Crippen LogP contribution in [0.4, 0.5) is 5.69 Å².